The number of carbonyl (C=O) groups excluding carboxylic acids is 1. The summed E-state index contributed by atoms with van der Waals surface area (Å²) in [5, 5.41) is 11.8. The Hall–Kier alpha value is -1.79. The van der Waals surface area contributed by atoms with Crippen LogP contribution in [-0.2, 0) is 9.53 Å². The summed E-state index contributed by atoms with van der Waals surface area (Å²) >= 11 is 0. The highest BCUT2D eigenvalue weighted by molar-refractivity contribution is 5.66. The fourth-order valence-electron chi connectivity index (χ4n) is 8.48. The van der Waals surface area contributed by atoms with Crippen LogP contribution in [0.1, 0.15) is 84.1 Å². The van der Waals surface area contributed by atoms with E-state index >= 15 is 0 Å². The first-order chi connectivity index (χ1) is 15.3. The molecule has 0 spiro atoms. The summed E-state index contributed by atoms with van der Waals surface area (Å²) < 4.78 is 5.61. The molecule has 0 unspecified atom stereocenters. The number of rotatable bonds is 1. The third kappa shape index (κ3) is 3.41. The third-order valence-electron chi connectivity index (χ3n) is 10.3. The highest BCUT2D eigenvalue weighted by Crippen LogP contribution is 2.68. The molecule has 8 atom stereocenters. The van der Waals surface area contributed by atoms with Crippen LogP contribution in [0.15, 0.2) is 30.3 Å². The quantitative estimate of drug-likeness (QED) is 0.453. The van der Waals surface area contributed by atoms with Crippen molar-refractivity contribution in [3.8, 4) is 11.8 Å². The molecule has 0 radical (unpaired) electrons. The first-order valence-corrected chi connectivity index (χ1v) is 12.7. The van der Waals surface area contributed by atoms with Crippen molar-refractivity contribution in [1.29, 1.82) is 0 Å². The summed E-state index contributed by atoms with van der Waals surface area (Å²) in [4.78, 5) is 11.5. The van der Waals surface area contributed by atoms with Gasteiger partial charge in [0.25, 0.3) is 0 Å². The topological polar surface area (TPSA) is 46.5 Å². The maximum atomic E-state index is 11.8. The number of ether oxygens (including phenoxy) is 1. The van der Waals surface area contributed by atoms with Crippen LogP contribution in [0, 0.1) is 46.3 Å². The van der Waals surface area contributed by atoms with Gasteiger partial charge >= 0.3 is 5.97 Å². The summed E-state index contributed by atoms with van der Waals surface area (Å²) in [7, 11) is 0. The predicted molar refractivity (Wildman–Crippen MR) is 126 cm³/mol. The van der Waals surface area contributed by atoms with E-state index in [9.17, 15) is 9.90 Å². The first kappa shape index (κ1) is 22.0. The Morgan fingerprint density at radius 3 is 2.50 bits per heavy atom. The molecule has 1 aromatic carbocycles. The minimum absolute atomic E-state index is 0.112. The van der Waals surface area contributed by atoms with Crippen molar-refractivity contribution >= 4 is 5.97 Å². The van der Waals surface area contributed by atoms with Gasteiger partial charge in [0.15, 0.2) is 0 Å². The van der Waals surface area contributed by atoms with Crippen molar-refractivity contribution in [2.75, 3.05) is 0 Å². The van der Waals surface area contributed by atoms with Crippen molar-refractivity contribution in [3.63, 3.8) is 0 Å². The monoisotopic (exact) mass is 434 g/mol. The van der Waals surface area contributed by atoms with Crippen LogP contribution in [-0.4, -0.2) is 22.8 Å². The molecule has 3 nitrogen and oxygen atoms in total. The maximum absolute atomic E-state index is 11.8. The Morgan fingerprint density at radius 2 is 1.75 bits per heavy atom. The predicted octanol–water partition coefficient (Wildman–Crippen LogP) is 5.74. The smallest absolute Gasteiger partial charge is 0.302 e. The van der Waals surface area contributed by atoms with E-state index in [-0.39, 0.29) is 17.5 Å². The molecule has 172 valence electrons. The number of carbonyl (C=O) groups is 1. The lowest BCUT2D eigenvalue weighted by molar-refractivity contribution is -0.163. The lowest BCUT2D eigenvalue weighted by Crippen LogP contribution is -2.56. The summed E-state index contributed by atoms with van der Waals surface area (Å²) in [5.74, 6) is 9.13. The molecule has 1 N–H and O–H groups in total. The summed E-state index contributed by atoms with van der Waals surface area (Å²) in [6.07, 6.45) is 9.94. The van der Waals surface area contributed by atoms with E-state index in [1.807, 2.05) is 30.3 Å². The largest absolute Gasteiger partial charge is 0.463 e. The Bertz CT molecular complexity index is 929. The first-order valence-electron chi connectivity index (χ1n) is 12.7. The van der Waals surface area contributed by atoms with E-state index in [2.05, 4.69) is 25.7 Å². The molecule has 1 aromatic rings. The van der Waals surface area contributed by atoms with Gasteiger partial charge in [0.05, 0.1) is 0 Å². The number of benzene rings is 1. The SMILES string of the molecule is CC(=O)O[C@H]1CC[C@]2(C)[C@H](CC[C@@H]3[C@H]4CC[C@@](O)(C#Cc5ccccc5)[C@@]4(C)CC[C@@H]32)C1. The molecule has 4 aliphatic rings. The van der Waals surface area contributed by atoms with E-state index in [1.165, 1.54) is 26.2 Å². The van der Waals surface area contributed by atoms with Gasteiger partial charge in [-0.25, -0.2) is 0 Å². The lowest BCUT2D eigenvalue weighted by Gasteiger charge is -2.61. The molecule has 4 aliphatic carbocycles. The van der Waals surface area contributed by atoms with Gasteiger partial charge in [-0.15, -0.1) is 0 Å². The average molecular weight is 435 g/mol. The molecule has 0 heterocycles. The van der Waals surface area contributed by atoms with Gasteiger partial charge in [-0.3, -0.25) is 4.79 Å². The van der Waals surface area contributed by atoms with Crippen LogP contribution < -0.4 is 0 Å². The average Bonchev–Trinajstić information content (AvgIpc) is 3.04. The molecule has 0 aliphatic heterocycles. The van der Waals surface area contributed by atoms with Crippen LogP contribution in [0.3, 0.4) is 0 Å². The summed E-state index contributed by atoms with van der Waals surface area (Å²) in [6, 6.07) is 10.1. The van der Waals surface area contributed by atoms with Crippen LogP contribution >= 0.6 is 0 Å². The fraction of sp³-hybridized carbons (Fsp3) is 0.690. The van der Waals surface area contributed by atoms with E-state index in [1.54, 1.807) is 0 Å². The number of aliphatic hydroxyl groups is 1. The number of hydrogen-bond donors (Lipinski definition) is 1. The maximum Gasteiger partial charge on any atom is 0.302 e. The normalized spacial score (nSPS) is 44.9. The second kappa shape index (κ2) is 7.91. The zero-order valence-corrected chi connectivity index (χ0v) is 19.9. The van der Waals surface area contributed by atoms with Gasteiger partial charge in [0, 0.05) is 17.9 Å². The van der Waals surface area contributed by atoms with Crippen molar-refractivity contribution in [3.05, 3.63) is 35.9 Å². The van der Waals surface area contributed by atoms with Crippen molar-refractivity contribution < 1.29 is 14.6 Å². The van der Waals surface area contributed by atoms with Crippen LogP contribution in [0.25, 0.3) is 0 Å². The second-order valence-corrected chi connectivity index (χ2v) is 11.6. The summed E-state index contributed by atoms with van der Waals surface area (Å²) in [5.41, 5.74) is 0.327. The van der Waals surface area contributed by atoms with E-state index < -0.39 is 5.60 Å². The number of esters is 1. The Morgan fingerprint density at radius 1 is 1.00 bits per heavy atom. The Labute approximate surface area is 193 Å². The standard InChI is InChI=1S/C29H38O3/c1-20(30)32-23-12-15-27(2)22(19-23)9-10-24-25(27)13-16-28(3)26(24)14-18-29(28,31)17-11-21-7-5-4-6-8-21/h4-8,22-26,31H,9-10,12-16,18-19H2,1-3H3/t22-,23+,24+,25+,26-,27-,28+,29+/m1/s1. The van der Waals surface area contributed by atoms with Gasteiger partial charge in [0.1, 0.15) is 11.7 Å². The minimum Gasteiger partial charge on any atom is -0.463 e. The van der Waals surface area contributed by atoms with Gasteiger partial charge in [-0.1, -0.05) is 43.9 Å². The minimum atomic E-state index is -0.886. The molecule has 0 saturated heterocycles. The molecule has 4 saturated carbocycles. The van der Waals surface area contributed by atoms with Gasteiger partial charge in [0.2, 0.25) is 0 Å². The molecular weight excluding hydrogens is 396 g/mol. The van der Waals surface area contributed by atoms with Gasteiger partial charge in [-0.2, -0.15) is 0 Å². The second-order valence-electron chi connectivity index (χ2n) is 11.6. The molecule has 0 bridgehead atoms. The fourth-order valence-corrected chi connectivity index (χ4v) is 8.48. The van der Waals surface area contributed by atoms with Crippen LogP contribution in [0.5, 0.6) is 0 Å². The third-order valence-corrected chi connectivity index (χ3v) is 10.3. The molecule has 4 fully saturated rings. The molecule has 32 heavy (non-hydrogen) atoms. The van der Waals surface area contributed by atoms with Crippen molar-refractivity contribution in [2.24, 2.45) is 34.5 Å². The lowest BCUT2D eigenvalue weighted by atomic mass is 9.44. The van der Waals surface area contributed by atoms with Crippen LogP contribution in [0.2, 0.25) is 0 Å². The molecule has 3 heteroatoms. The van der Waals surface area contributed by atoms with E-state index in [4.69, 9.17) is 4.74 Å². The van der Waals surface area contributed by atoms with Gasteiger partial charge in [-0.05, 0) is 99.0 Å². The molecule has 0 amide bonds. The molecule has 5 rings (SSSR count). The highest BCUT2D eigenvalue weighted by atomic mass is 16.5. The van der Waals surface area contributed by atoms with Crippen molar-refractivity contribution in [1.82, 2.24) is 0 Å². The van der Waals surface area contributed by atoms with Crippen molar-refractivity contribution in [2.45, 2.75) is 90.3 Å². The van der Waals surface area contributed by atoms with Gasteiger partial charge < -0.3 is 9.84 Å². The van der Waals surface area contributed by atoms with Crippen LogP contribution in [0.4, 0.5) is 0 Å². The zero-order chi connectivity index (χ0) is 22.6. The summed E-state index contributed by atoms with van der Waals surface area (Å²) in [6.45, 7) is 6.39. The Kier molecular flexibility index (Phi) is 5.44. The zero-order valence-electron chi connectivity index (χ0n) is 19.9. The molecular formula is C29H38O3. The number of hydrogen-bond acceptors (Lipinski definition) is 3. The number of fused-ring (bicyclic) bond motifs is 5. The van der Waals surface area contributed by atoms with E-state index in [0.29, 0.717) is 23.2 Å². The molecule has 0 aromatic heterocycles. The highest BCUT2D eigenvalue weighted by Gasteiger charge is 2.64. The Balaban J connectivity index is 1.36. The van der Waals surface area contributed by atoms with E-state index in [0.717, 1.165) is 50.0 Å².